The molecule has 0 saturated carbocycles. The van der Waals surface area contributed by atoms with Crippen LogP contribution in [0.2, 0.25) is 0 Å². The second-order valence-corrected chi connectivity index (χ2v) is 7.01. The first-order chi connectivity index (χ1) is 14.2. The number of aliphatic hydroxyl groups excluding tert-OH is 3. The van der Waals surface area contributed by atoms with Gasteiger partial charge in [-0.25, -0.2) is 0 Å². The summed E-state index contributed by atoms with van der Waals surface area (Å²) in [6, 6.07) is 5.86. The van der Waals surface area contributed by atoms with Gasteiger partial charge in [-0.2, -0.15) is 0 Å². The van der Waals surface area contributed by atoms with Gasteiger partial charge in [-0.3, -0.25) is 4.79 Å². The largest absolute Gasteiger partial charge is 0.507 e. The molecule has 30 heavy (non-hydrogen) atoms. The summed E-state index contributed by atoms with van der Waals surface area (Å²) in [5, 5.41) is 69.5. The van der Waals surface area contributed by atoms with Gasteiger partial charge in [0.15, 0.2) is 16.9 Å². The first-order valence-corrected chi connectivity index (χ1v) is 8.90. The highest BCUT2D eigenvalue weighted by Gasteiger charge is 2.41. The van der Waals surface area contributed by atoms with Crippen LogP contribution in [-0.4, -0.2) is 60.7 Å². The predicted molar refractivity (Wildman–Crippen MR) is 101 cm³/mol. The fourth-order valence-electron chi connectivity index (χ4n) is 3.46. The third-order valence-corrected chi connectivity index (χ3v) is 5.06. The number of phenols is 4. The summed E-state index contributed by atoms with van der Waals surface area (Å²) in [5.74, 6) is -2.06. The van der Waals surface area contributed by atoms with Gasteiger partial charge in [0.25, 0.3) is 0 Å². The van der Waals surface area contributed by atoms with Crippen LogP contribution in [0, 0.1) is 0 Å². The fourth-order valence-corrected chi connectivity index (χ4v) is 3.46. The summed E-state index contributed by atoms with van der Waals surface area (Å²) in [5.41, 5.74) is -0.947. The number of aliphatic hydroxyl groups is 3. The standard InChI is InChI=1S/C20H18O10/c21-8-2-1-7(3-9(8)22)13-4-10(23)15-14(30-13)5-11(24)16(18(15)27)20-19(28)17(26)12(25)6-29-20/h1-5,12,17,19-22,24-28H,6H2/t12-,17+,19?,20+/m1/s1. The van der Waals surface area contributed by atoms with Gasteiger partial charge in [0, 0.05) is 17.7 Å². The zero-order valence-electron chi connectivity index (χ0n) is 15.3. The molecule has 158 valence electrons. The average Bonchev–Trinajstić information content (AvgIpc) is 2.69. The summed E-state index contributed by atoms with van der Waals surface area (Å²) in [7, 11) is 0. The Hall–Kier alpha value is -3.31. The second kappa shape index (κ2) is 7.18. The van der Waals surface area contributed by atoms with E-state index in [9.17, 15) is 40.5 Å². The topological polar surface area (TPSA) is 181 Å². The zero-order chi connectivity index (χ0) is 21.7. The van der Waals surface area contributed by atoms with Crippen LogP contribution in [-0.2, 0) is 4.74 Å². The van der Waals surface area contributed by atoms with Gasteiger partial charge in [0.2, 0.25) is 0 Å². The van der Waals surface area contributed by atoms with E-state index in [1.807, 2.05) is 0 Å². The van der Waals surface area contributed by atoms with E-state index in [0.717, 1.165) is 12.1 Å². The molecule has 1 saturated heterocycles. The average molecular weight is 418 g/mol. The van der Waals surface area contributed by atoms with Crippen molar-refractivity contribution in [1.82, 2.24) is 0 Å². The molecule has 1 aliphatic heterocycles. The molecule has 1 fully saturated rings. The normalized spacial score (nSPS) is 24.2. The Morgan fingerprint density at radius 3 is 2.30 bits per heavy atom. The quantitative estimate of drug-likeness (QED) is 0.288. The van der Waals surface area contributed by atoms with Gasteiger partial charge < -0.3 is 44.9 Å². The van der Waals surface area contributed by atoms with Crippen molar-refractivity contribution in [2.24, 2.45) is 0 Å². The Labute approximate surface area is 168 Å². The lowest BCUT2D eigenvalue weighted by atomic mass is 9.92. The molecule has 1 unspecified atom stereocenters. The minimum atomic E-state index is -1.67. The van der Waals surface area contributed by atoms with E-state index in [0.29, 0.717) is 0 Å². The van der Waals surface area contributed by atoms with Crippen molar-refractivity contribution in [2.45, 2.75) is 24.4 Å². The molecule has 0 aliphatic carbocycles. The number of ether oxygens (including phenoxy) is 1. The summed E-state index contributed by atoms with van der Waals surface area (Å²) < 4.78 is 10.8. The minimum absolute atomic E-state index is 0.00171. The number of fused-ring (bicyclic) bond motifs is 1. The molecule has 4 rings (SSSR count). The number of hydrogen-bond donors (Lipinski definition) is 7. The van der Waals surface area contributed by atoms with Gasteiger partial charge in [-0.05, 0) is 18.2 Å². The Kier molecular flexibility index (Phi) is 4.79. The van der Waals surface area contributed by atoms with Crippen LogP contribution in [0.3, 0.4) is 0 Å². The van der Waals surface area contributed by atoms with Crippen molar-refractivity contribution < 1.29 is 44.9 Å². The molecule has 1 aliphatic rings. The van der Waals surface area contributed by atoms with Crippen molar-refractivity contribution in [3.63, 3.8) is 0 Å². The number of rotatable bonds is 2. The monoisotopic (exact) mass is 418 g/mol. The molecule has 4 atom stereocenters. The van der Waals surface area contributed by atoms with E-state index in [-0.39, 0.29) is 40.2 Å². The van der Waals surface area contributed by atoms with Crippen LogP contribution in [0.5, 0.6) is 23.0 Å². The van der Waals surface area contributed by atoms with Crippen molar-refractivity contribution in [2.75, 3.05) is 6.61 Å². The maximum absolute atomic E-state index is 12.7. The molecule has 10 nitrogen and oxygen atoms in total. The molecule has 2 heterocycles. The number of phenolic OH excluding ortho intramolecular Hbond substituents is 4. The maximum atomic E-state index is 12.7. The van der Waals surface area contributed by atoms with E-state index in [1.165, 1.54) is 18.2 Å². The first kappa shape index (κ1) is 20.0. The van der Waals surface area contributed by atoms with Crippen LogP contribution < -0.4 is 5.43 Å². The zero-order valence-corrected chi connectivity index (χ0v) is 15.3. The Bertz CT molecular complexity index is 1180. The third kappa shape index (κ3) is 3.12. The lowest BCUT2D eigenvalue weighted by molar-refractivity contribution is -0.189. The molecule has 10 heteroatoms. The SMILES string of the molecule is O=c1cc(-c2ccc(O)c(O)c2)oc2cc(O)c([C@@H]3OC[C@@H](O)[C@H](O)C3O)c(O)c12. The summed E-state index contributed by atoms with van der Waals surface area (Å²) in [6.45, 7) is -0.363. The van der Waals surface area contributed by atoms with Gasteiger partial charge in [-0.1, -0.05) is 0 Å². The molecule has 0 amide bonds. The van der Waals surface area contributed by atoms with Crippen LogP contribution in [0.15, 0.2) is 39.5 Å². The summed E-state index contributed by atoms with van der Waals surface area (Å²) in [6.07, 6.45) is -6.01. The van der Waals surface area contributed by atoms with Crippen molar-refractivity contribution in [1.29, 1.82) is 0 Å². The van der Waals surface area contributed by atoms with Gasteiger partial charge >= 0.3 is 0 Å². The predicted octanol–water partition coefficient (Wildman–Crippen LogP) is 0.436. The molecule has 2 aromatic carbocycles. The highest BCUT2D eigenvalue weighted by molar-refractivity contribution is 5.88. The van der Waals surface area contributed by atoms with E-state index >= 15 is 0 Å². The molecular formula is C20H18O10. The van der Waals surface area contributed by atoms with E-state index in [2.05, 4.69) is 0 Å². The van der Waals surface area contributed by atoms with Crippen LogP contribution >= 0.6 is 0 Å². The maximum Gasteiger partial charge on any atom is 0.197 e. The van der Waals surface area contributed by atoms with Crippen molar-refractivity contribution in [3.05, 3.63) is 46.1 Å². The smallest absolute Gasteiger partial charge is 0.197 e. The van der Waals surface area contributed by atoms with Gasteiger partial charge in [-0.15, -0.1) is 0 Å². The Morgan fingerprint density at radius 2 is 1.60 bits per heavy atom. The molecule has 1 aromatic heterocycles. The van der Waals surface area contributed by atoms with E-state index < -0.39 is 47.1 Å². The van der Waals surface area contributed by atoms with Crippen LogP contribution in [0.1, 0.15) is 11.7 Å². The lowest BCUT2D eigenvalue weighted by Crippen LogP contribution is -2.49. The van der Waals surface area contributed by atoms with E-state index in [4.69, 9.17) is 9.15 Å². The highest BCUT2D eigenvalue weighted by atomic mass is 16.5. The molecule has 0 radical (unpaired) electrons. The van der Waals surface area contributed by atoms with Crippen LogP contribution in [0.25, 0.3) is 22.3 Å². The Morgan fingerprint density at radius 1 is 0.867 bits per heavy atom. The van der Waals surface area contributed by atoms with Gasteiger partial charge in [0.05, 0.1) is 12.2 Å². The fraction of sp³-hybridized carbons (Fsp3) is 0.250. The first-order valence-electron chi connectivity index (χ1n) is 8.90. The Balaban J connectivity index is 1.86. The molecule has 0 spiro atoms. The number of hydrogen-bond acceptors (Lipinski definition) is 10. The van der Waals surface area contributed by atoms with Crippen LogP contribution in [0.4, 0.5) is 0 Å². The van der Waals surface area contributed by atoms with Crippen molar-refractivity contribution >= 4 is 11.0 Å². The van der Waals surface area contributed by atoms with Gasteiger partial charge in [0.1, 0.15) is 52.6 Å². The molecule has 7 N–H and O–H groups in total. The second-order valence-electron chi connectivity index (χ2n) is 7.01. The van der Waals surface area contributed by atoms with Crippen molar-refractivity contribution in [3.8, 4) is 34.3 Å². The molecule has 0 bridgehead atoms. The number of aromatic hydroxyl groups is 4. The molecular weight excluding hydrogens is 400 g/mol. The number of benzene rings is 2. The van der Waals surface area contributed by atoms with E-state index in [1.54, 1.807) is 0 Å². The highest BCUT2D eigenvalue weighted by Crippen LogP contribution is 2.43. The summed E-state index contributed by atoms with van der Waals surface area (Å²) >= 11 is 0. The minimum Gasteiger partial charge on any atom is -0.507 e. The molecule has 3 aromatic rings. The lowest BCUT2D eigenvalue weighted by Gasteiger charge is -2.35. The summed E-state index contributed by atoms with van der Waals surface area (Å²) in [4.78, 5) is 12.7. The third-order valence-electron chi connectivity index (χ3n) is 5.06.